The Morgan fingerprint density at radius 3 is 2.65 bits per heavy atom. The van der Waals surface area contributed by atoms with Crippen molar-refractivity contribution < 1.29 is 9.53 Å². The number of hydrogen-bond acceptors (Lipinski definition) is 4. The van der Waals surface area contributed by atoms with E-state index in [0.717, 1.165) is 5.56 Å². The Hall–Kier alpha value is -2.43. The Bertz CT molecular complexity index is 597. The molecule has 0 atom stereocenters. The van der Waals surface area contributed by atoms with Crippen LogP contribution in [0.5, 0.6) is 5.75 Å². The Kier molecular flexibility index (Phi) is 3.98. The van der Waals surface area contributed by atoms with Crippen molar-refractivity contribution in [1.29, 1.82) is 0 Å². The van der Waals surface area contributed by atoms with E-state index in [4.69, 9.17) is 4.74 Å². The van der Waals surface area contributed by atoms with Gasteiger partial charge in [0.05, 0.1) is 12.5 Å². The van der Waals surface area contributed by atoms with Crippen LogP contribution in [0.25, 0.3) is 0 Å². The number of rotatable bonds is 4. The predicted octanol–water partition coefficient (Wildman–Crippen LogP) is 2.40. The molecule has 2 aromatic rings. The van der Waals surface area contributed by atoms with Gasteiger partial charge in [-0.3, -0.25) is 4.79 Å². The third-order valence-electron chi connectivity index (χ3n) is 3.17. The summed E-state index contributed by atoms with van der Waals surface area (Å²) in [6, 6.07) is 9.14. The maximum Gasteiger partial charge on any atom is 0.235 e. The minimum atomic E-state index is -0.739. The first kappa shape index (κ1) is 14.0. The number of anilines is 1. The Balaban J connectivity index is 2.27. The molecule has 0 aliphatic carbocycles. The van der Waals surface area contributed by atoms with Crippen LogP contribution in [0, 0.1) is 0 Å². The minimum Gasteiger partial charge on any atom is -0.496 e. The van der Waals surface area contributed by atoms with E-state index in [0.29, 0.717) is 11.6 Å². The number of para-hydroxylation sites is 1. The summed E-state index contributed by atoms with van der Waals surface area (Å²) in [7, 11) is 1.59. The second-order valence-corrected chi connectivity index (χ2v) is 4.87. The molecule has 104 valence electrons. The molecule has 1 aromatic carbocycles. The lowest BCUT2D eigenvalue weighted by Gasteiger charge is -2.25. The summed E-state index contributed by atoms with van der Waals surface area (Å²) in [5.74, 6) is 1.02. The van der Waals surface area contributed by atoms with Crippen LogP contribution in [0.15, 0.2) is 42.9 Å². The van der Waals surface area contributed by atoms with Crippen molar-refractivity contribution in [3.63, 3.8) is 0 Å². The molecule has 0 aliphatic rings. The third kappa shape index (κ3) is 2.77. The Morgan fingerprint density at radius 2 is 2.00 bits per heavy atom. The number of methoxy groups -OCH3 is 1. The molecule has 0 saturated carbocycles. The zero-order valence-electron chi connectivity index (χ0n) is 11.8. The highest BCUT2D eigenvalue weighted by Gasteiger charge is 2.32. The lowest BCUT2D eigenvalue weighted by molar-refractivity contribution is -0.120. The van der Waals surface area contributed by atoms with E-state index < -0.39 is 5.41 Å². The smallest absolute Gasteiger partial charge is 0.235 e. The van der Waals surface area contributed by atoms with Crippen LogP contribution >= 0.6 is 0 Å². The van der Waals surface area contributed by atoms with Crippen LogP contribution in [-0.2, 0) is 10.2 Å². The van der Waals surface area contributed by atoms with Crippen LogP contribution in [0.2, 0.25) is 0 Å². The van der Waals surface area contributed by atoms with Crippen molar-refractivity contribution in [3.8, 4) is 5.75 Å². The monoisotopic (exact) mass is 271 g/mol. The second-order valence-electron chi connectivity index (χ2n) is 4.87. The van der Waals surface area contributed by atoms with Gasteiger partial charge >= 0.3 is 0 Å². The SMILES string of the molecule is COc1ccccc1C(C)(C)C(=O)Nc1ccncn1. The zero-order valence-corrected chi connectivity index (χ0v) is 11.8. The predicted molar refractivity (Wildman–Crippen MR) is 76.7 cm³/mol. The van der Waals surface area contributed by atoms with E-state index in [9.17, 15) is 4.79 Å². The molecule has 1 amide bonds. The Morgan fingerprint density at radius 1 is 1.25 bits per heavy atom. The fraction of sp³-hybridized carbons (Fsp3) is 0.267. The normalized spacial score (nSPS) is 10.9. The van der Waals surface area contributed by atoms with Gasteiger partial charge in [0.15, 0.2) is 0 Å². The highest BCUT2D eigenvalue weighted by molar-refractivity contribution is 5.98. The number of aromatic nitrogens is 2. The first-order valence-corrected chi connectivity index (χ1v) is 6.26. The molecular formula is C15H17N3O2. The molecule has 0 aliphatic heterocycles. The molecule has 1 aromatic heterocycles. The molecule has 1 heterocycles. The summed E-state index contributed by atoms with van der Waals surface area (Å²) in [5, 5.41) is 2.79. The number of nitrogens with zero attached hydrogens (tertiary/aromatic N) is 2. The van der Waals surface area contributed by atoms with Gasteiger partial charge in [-0.25, -0.2) is 9.97 Å². The number of carbonyl (C=O) groups is 1. The number of benzene rings is 1. The second kappa shape index (κ2) is 5.69. The standard InChI is InChI=1S/C15H17N3O2/c1-15(2,11-6-4-5-7-12(11)20-3)14(19)18-13-8-9-16-10-17-13/h4-10H,1-3H3,(H,16,17,18,19). The number of nitrogens with one attached hydrogen (secondary N) is 1. The molecule has 5 nitrogen and oxygen atoms in total. The fourth-order valence-corrected chi connectivity index (χ4v) is 1.92. The van der Waals surface area contributed by atoms with Crippen LogP contribution in [-0.4, -0.2) is 23.0 Å². The van der Waals surface area contributed by atoms with Crippen molar-refractivity contribution in [1.82, 2.24) is 9.97 Å². The number of ether oxygens (including phenoxy) is 1. The molecular weight excluding hydrogens is 254 g/mol. The number of amides is 1. The molecule has 0 fully saturated rings. The van der Waals surface area contributed by atoms with Crippen molar-refractivity contribution in [2.45, 2.75) is 19.3 Å². The van der Waals surface area contributed by atoms with E-state index in [-0.39, 0.29) is 5.91 Å². The maximum absolute atomic E-state index is 12.5. The van der Waals surface area contributed by atoms with Crippen molar-refractivity contribution in [3.05, 3.63) is 48.4 Å². The van der Waals surface area contributed by atoms with Crippen molar-refractivity contribution >= 4 is 11.7 Å². The zero-order chi connectivity index (χ0) is 14.6. The summed E-state index contributed by atoms with van der Waals surface area (Å²) >= 11 is 0. The molecule has 0 radical (unpaired) electrons. The first-order valence-electron chi connectivity index (χ1n) is 6.26. The van der Waals surface area contributed by atoms with E-state index >= 15 is 0 Å². The molecule has 0 bridgehead atoms. The van der Waals surface area contributed by atoms with Gasteiger partial charge in [-0.05, 0) is 26.0 Å². The van der Waals surface area contributed by atoms with Crippen molar-refractivity contribution in [2.75, 3.05) is 12.4 Å². The third-order valence-corrected chi connectivity index (χ3v) is 3.17. The summed E-state index contributed by atoms with van der Waals surface area (Å²) in [6.07, 6.45) is 2.98. The van der Waals surface area contributed by atoms with Crippen LogP contribution in [0.3, 0.4) is 0 Å². The van der Waals surface area contributed by atoms with Crippen LogP contribution in [0.4, 0.5) is 5.82 Å². The van der Waals surface area contributed by atoms with Crippen molar-refractivity contribution in [2.24, 2.45) is 0 Å². The summed E-state index contributed by atoms with van der Waals surface area (Å²) in [6.45, 7) is 3.70. The molecule has 0 saturated heterocycles. The van der Waals surface area contributed by atoms with E-state index in [2.05, 4.69) is 15.3 Å². The lowest BCUT2D eigenvalue weighted by Crippen LogP contribution is -2.35. The lowest BCUT2D eigenvalue weighted by atomic mass is 9.83. The van der Waals surface area contributed by atoms with Crippen LogP contribution < -0.4 is 10.1 Å². The van der Waals surface area contributed by atoms with Gasteiger partial charge in [0, 0.05) is 11.8 Å². The van der Waals surface area contributed by atoms with Gasteiger partial charge in [-0.1, -0.05) is 18.2 Å². The van der Waals surface area contributed by atoms with E-state index in [1.54, 1.807) is 19.4 Å². The van der Waals surface area contributed by atoms with Gasteiger partial charge < -0.3 is 10.1 Å². The average molecular weight is 271 g/mol. The number of hydrogen-bond donors (Lipinski definition) is 1. The minimum absolute atomic E-state index is 0.152. The fourth-order valence-electron chi connectivity index (χ4n) is 1.92. The molecule has 1 N–H and O–H groups in total. The molecule has 0 unspecified atom stereocenters. The molecule has 2 rings (SSSR count). The highest BCUT2D eigenvalue weighted by atomic mass is 16.5. The quantitative estimate of drug-likeness (QED) is 0.927. The number of carbonyl (C=O) groups excluding carboxylic acids is 1. The summed E-state index contributed by atoms with van der Waals surface area (Å²) < 4.78 is 5.33. The van der Waals surface area contributed by atoms with Gasteiger partial charge in [0.25, 0.3) is 0 Å². The summed E-state index contributed by atoms with van der Waals surface area (Å²) in [5.41, 5.74) is 0.0893. The average Bonchev–Trinajstić information content (AvgIpc) is 2.48. The maximum atomic E-state index is 12.5. The van der Waals surface area contributed by atoms with Gasteiger partial charge in [0.1, 0.15) is 17.9 Å². The molecule has 0 spiro atoms. The van der Waals surface area contributed by atoms with Gasteiger partial charge in [0.2, 0.25) is 5.91 Å². The van der Waals surface area contributed by atoms with E-state index in [1.807, 2.05) is 38.1 Å². The van der Waals surface area contributed by atoms with Gasteiger partial charge in [-0.2, -0.15) is 0 Å². The first-order chi connectivity index (χ1) is 9.55. The van der Waals surface area contributed by atoms with Crippen LogP contribution in [0.1, 0.15) is 19.4 Å². The largest absolute Gasteiger partial charge is 0.496 e. The topological polar surface area (TPSA) is 64.1 Å². The molecule has 20 heavy (non-hydrogen) atoms. The molecule has 5 heteroatoms. The van der Waals surface area contributed by atoms with Gasteiger partial charge in [-0.15, -0.1) is 0 Å². The summed E-state index contributed by atoms with van der Waals surface area (Å²) in [4.78, 5) is 20.3. The highest BCUT2D eigenvalue weighted by Crippen LogP contribution is 2.32. The Labute approximate surface area is 118 Å². The van der Waals surface area contributed by atoms with E-state index in [1.165, 1.54) is 6.33 Å².